The van der Waals surface area contributed by atoms with Gasteiger partial charge in [0.05, 0.1) is 6.42 Å². The molecule has 2 atom stereocenters. The van der Waals surface area contributed by atoms with Crippen LogP contribution in [0.3, 0.4) is 0 Å². The van der Waals surface area contributed by atoms with Crippen LogP contribution in [0.1, 0.15) is 36.5 Å². The van der Waals surface area contributed by atoms with Crippen molar-refractivity contribution in [3.63, 3.8) is 0 Å². The quantitative estimate of drug-likeness (QED) is 0.210. The van der Waals surface area contributed by atoms with E-state index in [1.54, 1.807) is 6.92 Å². The van der Waals surface area contributed by atoms with Gasteiger partial charge in [-0.25, -0.2) is 0 Å². The number of carbonyl (C=O) groups is 4. The van der Waals surface area contributed by atoms with E-state index < -0.39 is 29.9 Å². The molecule has 42 heavy (non-hydrogen) atoms. The summed E-state index contributed by atoms with van der Waals surface area (Å²) in [6.07, 6.45) is 0.237. The third kappa shape index (κ3) is 9.02. The zero-order chi connectivity index (χ0) is 29.7. The van der Waals surface area contributed by atoms with Crippen LogP contribution in [0.5, 0.6) is 0 Å². The third-order valence-electron chi connectivity index (χ3n) is 6.83. The van der Waals surface area contributed by atoms with Crippen LogP contribution in [0, 0.1) is 0 Å². The molecule has 3 amide bonds. The Bertz CT molecular complexity index is 1440. The highest BCUT2D eigenvalue weighted by Crippen LogP contribution is 2.18. The van der Waals surface area contributed by atoms with E-state index in [0.717, 1.165) is 27.5 Å². The van der Waals surface area contributed by atoms with E-state index in [1.807, 2.05) is 103 Å². The van der Waals surface area contributed by atoms with Crippen LogP contribution >= 0.6 is 0 Å². The molecule has 8 heteroatoms. The maximum Gasteiger partial charge on any atom is 0.308 e. The second-order valence-corrected chi connectivity index (χ2v) is 10.0. The van der Waals surface area contributed by atoms with Crippen molar-refractivity contribution in [2.75, 3.05) is 0 Å². The first-order valence-electron chi connectivity index (χ1n) is 14.0. The van der Waals surface area contributed by atoms with Gasteiger partial charge in [-0.3, -0.25) is 19.2 Å². The van der Waals surface area contributed by atoms with E-state index >= 15 is 0 Å². The average Bonchev–Trinajstić information content (AvgIpc) is 3.02. The summed E-state index contributed by atoms with van der Waals surface area (Å²) >= 11 is 0. The van der Waals surface area contributed by atoms with E-state index in [9.17, 15) is 19.2 Å². The first-order valence-corrected chi connectivity index (χ1v) is 14.0. The molecule has 0 aromatic heterocycles. The number of aryl methyl sites for hydroxylation is 1. The zero-order valence-corrected chi connectivity index (χ0v) is 23.5. The van der Waals surface area contributed by atoms with Crippen LogP contribution in [-0.2, 0) is 43.5 Å². The molecule has 0 saturated carbocycles. The Morgan fingerprint density at radius 1 is 0.714 bits per heavy atom. The Morgan fingerprint density at radius 2 is 1.36 bits per heavy atom. The minimum atomic E-state index is -1.20. The number of hydrogen-bond acceptors (Lipinski definition) is 5. The standard InChI is InChI=1S/C34H35N3O5/c1-24(33(40)35-22-28-17-10-16-27-15-8-9-18-29(27)28)36-34(41)30(21-32(39)42-23-26-13-6-3-7-14-26)37-31(38)20-19-25-11-4-2-5-12-25/h2-18,24,30H,19-23H2,1H3,(H,35,40)(H,36,41)(H,37,38)/t24-,30-/m0/s1. The molecule has 0 aliphatic heterocycles. The van der Waals surface area contributed by atoms with Gasteiger partial charge in [0.1, 0.15) is 18.7 Å². The first-order chi connectivity index (χ1) is 20.4. The van der Waals surface area contributed by atoms with Gasteiger partial charge in [-0.1, -0.05) is 103 Å². The molecule has 3 N–H and O–H groups in total. The molecule has 4 rings (SSSR count). The second kappa shape index (κ2) is 15.1. The lowest BCUT2D eigenvalue weighted by Crippen LogP contribution is -2.53. The largest absolute Gasteiger partial charge is 0.461 e. The molecular weight excluding hydrogens is 530 g/mol. The van der Waals surface area contributed by atoms with Crippen LogP contribution in [-0.4, -0.2) is 35.8 Å². The van der Waals surface area contributed by atoms with Crippen molar-refractivity contribution in [3.8, 4) is 0 Å². The molecule has 0 radical (unpaired) electrons. The molecule has 0 spiro atoms. The minimum Gasteiger partial charge on any atom is -0.461 e. The molecule has 0 fully saturated rings. The lowest BCUT2D eigenvalue weighted by molar-refractivity contribution is -0.147. The number of rotatable bonds is 13. The molecule has 0 aliphatic carbocycles. The molecule has 4 aromatic rings. The molecule has 8 nitrogen and oxygen atoms in total. The van der Waals surface area contributed by atoms with Crippen molar-refractivity contribution >= 4 is 34.5 Å². The lowest BCUT2D eigenvalue weighted by atomic mass is 10.0. The molecule has 0 unspecified atom stereocenters. The van der Waals surface area contributed by atoms with E-state index in [-0.39, 0.29) is 31.9 Å². The van der Waals surface area contributed by atoms with Crippen molar-refractivity contribution in [1.29, 1.82) is 0 Å². The number of nitrogens with one attached hydrogen (secondary N) is 3. The van der Waals surface area contributed by atoms with Gasteiger partial charge in [-0.2, -0.15) is 0 Å². The zero-order valence-electron chi connectivity index (χ0n) is 23.5. The molecule has 0 aliphatic rings. The number of carbonyl (C=O) groups excluding carboxylic acids is 4. The second-order valence-electron chi connectivity index (χ2n) is 10.0. The maximum atomic E-state index is 13.2. The van der Waals surface area contributed by atoms with E-state index in [1.165, 1.54) is 0 Å². The Kier molecular flexibility index (Phi) is 10.8. The number of hydrogen-bond donors (Lipinski definition) is 3. The summed E-state index contributed by atoms with van der Waals surface area (Å²) in [7, 11) is 0. The summed E-state index contributed by atoms with van der Waals surface area (Å²) in [6, 6.07) is 30.3. The summed E-state index contributed by atoms with van der Waals surface area (Å²) in [4.78, 5) is 51.5. The van der Waals surface area contributed by atoms with Crippen LogP contribution in [0.25, 0.3) is 10.8 Å². The summed E-state index contributed by atoms with van der Waals surface area (Å²) in [5, 5.41) is 10.3. The van der Waals surface area contributed by atoms with Crippen LogP contribution in [0.15, 0.2) is 103 Å². The highest BCUT2D eigenvalue weighted by Gasteiger charge is 2.27. The topological polar surface area (TPSA) is 114 Å². The van der Waals surface area contributed by atoms with Gasteiger partial charge >= 0.3 is 5.97 Å². The highest BCUT2D eigenvalue weighted by molar-refractivity contribution is 5.94. The number of ether oxygens (including phenoxy) is 1. The molecular formula is C34H35N3O5. The number of fused-ring (bicyclic) bond motifs is 1. The summed E-state index contributed by atoms with van der Waals surface area (Å²) in [5.74, 6) is -2.07. The van der Waals surface area contributed by atoms with Gasteiger partial charge in [0.15, 0.2) is 0 Å². The maximum absolute atomic E-state index is 13.2. The third-order valence-corrected chi connectivity index (χ3v) is 6.83. The fraction of sp³-hybridized carbons (Fsp3) is 0.235. The smallest absolute Gasteiger partial charge is 0.308 e. The normalized spacial score (nSPS) is 12.1. The fourth-order valence-corrected chi connectivity index (χ4v) is 4.50. The van der Waals surface area contributed by atoms with Crippen molar-refractivity contribution in [1.82, 2.24) is 16.0 Å². The first kappa shape index (κ1) is 30.0. The van der Waals surface area contributed by atoms with Gasteiger partial charge < -0.3 is 20.7 Å². The fourth-order valence-electron chi connectivity index (χ4n) is 4.50. The van der Waals surface area contributed by atoms with Gasteiger partial charge in [0, 0.05) is 13.0 Å². The summed E-state index contributed by atoms with van der Waals surface area (Å²) < 4.78 is 5.35. The van der Waals surface area contributed by atoms with Gasteiger partial charge in [0.25, 0.3) is 0 Å². The Labute approximate surface area is 245 Å². The molecule has 4 aromatic carbocycles. The van der Waals surface area contributed by atoms with Crippen LogP contribution in [0.4, 0.5) is 0 Å². The highest BCUT2D eigenvalue weighted by atomic mass is 16.5. The van der Waals surface area contributed by atoms with Gasteiger partial charge in [-0.15, -0.1) is 0 Å². The monoisotopic (exact) mass is 565 g/mol. The Morgan fingerprint density at radius 3 is 2.10 bits per heavy atom. The minimum absolute atomic E-state index is 0.0446. The average molecular weight is 566 g/mol. The number of amides is 3. The van der Waals surface area contributed by atoms with Crippen LogP contribution < -0.4 is 16.0 Å². The Balaban J connectivity index is 1.35. The van der Waals surface area contributed by atoms with Crippen molar-refractivity contribution < 1.29 is 23.9 Å². The Hall–Kier alpha value is -4.98. The van der Waals surface area contributed by atoms with E-state index in [0.29, 0.717) is 6.42 Å². The number of benzene rings is 4. The lowest BCUT2D eigenvalue weighted by Gasteiger charge is -2.21. The van der Waals surface area contributed by atoms with E-state index in [4.69, 9.17) is 4.74 Å². The predicted octanol–water partition coefficient (Wildman–Crippen LogP) is 4.21. The van der Waals surface area contributed by atoms with Crippen molar-refractivity contribution in [2.24, 2.45) is 0 Å². The SMILES string of the molecule is C[C@H](NC(=O)[C@H](CC(=O)OCc1ccccc1)NC(=O)CCc1ccccc1)C(=O)NCc1cccc2ccccc12. The van der Waals surface area contributed by atoms with Gasteiger partial charge in [-0.05, 0) is 40.8 Å². The van der Waals surface area contributed by atoms with Crippen LogP contribution in [0.2, 0.25) is 0 Å². The molecule has 216 valence electrons. The number of esters is 1. The van der Waals surface area contributed by atoms with Crippen molar-refractivity contribution in [2.45, 2.75) is 51.4 Å². The van der Waals surface area contributed by atoms with Gasteiger partial charge in [0.2, 0.25) is 17.7 Å². The summed E-state index contributed by atoms with van der Waals surface area (Å²) in [6.45, 7) is 1.88. The van der Waals surface area contributed by atoms with E-state index in [2.05, 4.69) is 16.0 Å². The molecule has 0 bridgehead atoms. The summed E-state index contributed by atoms with van der Waals surface area (Å²) in [5.41, 5.74) is 2.73. The van der Waals surface area contributed by atoms with Crippen molar-refractivity contribution in [3.05, 3.63) is 120 Å². The molecule has 0 heterocycles. The molecule has 0 saturated heterocycles. The predicted molar refractivity (Wildman–Crippen MR) is 161 cm³/mol.